The van der Waals surface area contributed by atoms with Crippen LogP contribution < -0.4 is 0 Å². The Bertz CT molecular complexity index is 992. The molecule has 3 aromatic rings. The van der Waals surface area contributed by atoms with Crippen LogP contribution in [-0.2, 0) is 9.47 Å². The second kappa shape index (κ2) is 10.0. The summed E-state index contributed by atoms with van der Waals surface area (Å²) in [5, 5.41) is 0. The van der Waals surface area contributed by atoms with E-state index in [0.717, 1.165) is 22.3 Å². The number of carbonyl (C=O) groups is 2. The van der Waals surface area contributed by atoms with Gasteiger partial charge in [-0.2, -0.15) is 0 Å². The van der Waals surface area contributed by atoms with Gasteiger partial charge in [0.25, 0.3) is 0 Å². The lowest BCUT2D eigenvalue weighted by Crippen LogP contribution is -2.11. The highest BCUT2D eigenvalue weighted by molar-refractivity contribution is 6.03. The molecule has 3 aromatic carbocycles. The summed E-state index contributed by atoms with van der Waals surface area (Å²) < 4.78 is 10.6. The molecule has 0 unspecified atom stereocenters. The molecule has 0 saturated carbocycles. The molecule has 0 N–H and O–H groups in total. The highest BCUT2D eigenvalue weighted by Gasteiger charge is 2.18. The summed E-state index contributed by atoms with van der Waals surface area (Å²) in [6, 6.07) is 25.6. The van der Waals surface area contributed by atoms with E-state index in [9.17, 15) is 9.59 Å². The number of hydrogen-bond donors (Lipinski definition) is 0. The minimum absolute atomic E-state index is 0.144. The van der Waals surface area contributed by atoms with Gasteiger partial charge in [0.1, 0.15) is 0 Å². The third-order valence-electron chi connectivity index (χ3n) is 4.51. The van der Waals surface area contributed by atoms with Crippen LogP contribution in [0.4, 0.5) is 0 Å². The normalized spacial score (nSPS) is 11.7. The van der Waals surface area contributed by atoms with Crippen LogP contribution in [0.15, 0.2) is 97.5 Å². The first kappa shape index (κ1) is 20.8. The van der Waals surface area contributed by atoms with E-state index in [0.29, 0.717) is 0 Å². The van der Waals surface area contributed by atoms with Crippen LogP contribution in [0.25, 0.3) is 11.1 Å². The van der Waals surface area contributed by atoms with Crippen LogP contribution in [-0.4, -0.2) is 11.9 Å². The molecule has 4 heteroatoms. The van der Waals surface area contributed by atoms with Gasteiger partial charge in [-0.1, -0.05) is 72.8 Å². The van der Waals surface area contributed by atoms with Gasteiger partial charge in [-0.3, -0.25) is 0 Å². The van der Waals surface area contributed by atoms with E-state index < -0.39 is 11.9 Å². The highest BCUT2D eigenvalue weighted by Crippen LogP contribution is 2.17. The second-order valence-corrected chi connectivity index (χ2v) is 6.69. The van der Waals surface area contributed by atoms with Gasteiger partial charge in [0, 0.05) is 0 Å². The molecule has 3 rings (SSSR count). The minimum atomic E-state index is -0.624. The molecule has 0 fully saturated rings. The Balaban J connectivity index is 1.73. The Morgan fingerprint density at radius 1 is 0.567 bits per heavy atom. The van der Waals surface area contributed by atoms with Crippen molar-refractivity contribution in [3.05, 3.63) is 120 Å². The lowest BCUT2D eigenvalue weighted by molar-refractivity contribution is 0.0619. The molecule has 0 spiro atoms. The second-order valence-electron chi connectivity index (χ2n) is 6.69. The van der Waals surface area contributed by atoms with Crippen molar-refractivity contribution in [1.29, 1.82) is 0 Å². The van der Waals surface area contributed by atoms with Crippen LogP contribution in [0.5, 0.6) is 0 Å². The van der Waals surface area contributed by atoms with Gasteiger partial charge in [-0.25, -0.2) is 9.59 Å². The molecule has 150 valence electrons. The lowest BCUT2D eigenvalue weighted by Gasteiger charge is -2.08. The zero-order chi connectivity index (χ0) is 21.3. The topological polar surface area (TPSA) is 52.6 Å². The Morgan fingerprint density at radius 3 is 1.27 bits per heavy atom. The first-order valence-electron chi connectivity index (χ1n) is 9.51. The van der Waals surface area contributed by atoms with E-state index in [4.69, 9.17) is 9.47 Å². The van der Waals surface area contributed by atoms with Gasteiger partial charge < -0.3 is 9.47 Å². The molecule has 30 heavy (non-hydrogen) atoms. The molecule has 0 aromatic heterocycles. The Labute approximate surface area is 176 Å². The number of carbonyl (C=O) groups excluding carboxylic acids is 2. The van der Waals surface area contributed by atoms with E-state index in [1.807, 2.05) is 74.5 Å². The van der Waals surface area contributed by atoms with Crippen molar-refractivity contribution in [3.8, 4) is 0 Å². The fraction of sp³-hybridized carbons (Fsp3) is 0.0769. The zero-order valence-corrected chi connectivity index (χ0v) is 16.9. The number of ether oxygens (including phenoxy) is 2. The van der Waals surface area contributed by atoms with Gasteiger partial charge in [-0.05, 0) is 48.3 Å². The maximum atomic E-state index is 12.6. The van der Waals surface area contributed by atoms with Crippen LogP contribution >= 0.6 is 0 Å². The van der Waals surface area contributed by atoms with Gasteiger partial charge in [0.15, 0.2) is 0 Å². The third kappa shape index (κ3) is 5.32. The highest BCUT2D eigenvalue weighted by atomic mass is 16.5. The van der Waals surface area contributed by atoms with Gasteiger partial charge in [-0.15, -0.1) is 0 Å². The molecule has 0 aliphatic carbocycles. The van der Waals surface area contributed by atoms with Gasteiger partial charge >= 0.3 is 11.9 Å². The predicted molar refractivity (Wildman–Crippen MR) is 117 cm³/mol. The predicted octanol–water partition coefficient (Wildman–Crippen LogP) is 6.12. The Kier molecular flexibility index (Phi) is 6.95. The maximum Gasteiger partial charge on any atom is 0.343 e. The van der Waals surface area contributed by atoms with Crippen LogP contribution in [0.1, 0.15) is 45.7 Å². The molecule has 4 nitrogen and oxygen atoms in total. The fourth-order valence-corrected chi connectivity index (χ4v) is 2.79. The van der Waals surface area contributed by atoms with Crippen molar-refractivity contribution in [1.82, 2.24) is 0 Å². The Morgan fingerprint density at radius 2 is 0.900 bits per heavy atom. The van der Waals surface area contributed by atoms with Gasteiger partial charge in [0.05, 0.1) is 23.7 Å². The average molecular weight is 398 g/mol. The first-order valence-corrected chi connectivity index (χ1v) is 9.51. The van der Waals surface area contributed by atoms with Crippen molar-refractivity contribution in [2.45, 2.75) is 13.8 Å². The summed E-state index contributed by atoms with van der Waals surface area (Å²) in [5.74, 6) is -1.25. The van der Waals surface area contributed by atoms with E-state index in [-0.39, 0.29) is 11.1 Å². The number of rotatable bonds is 6. The molecule has 0 aliphatic rings. The summed E-state index contributed by atoms with van der Waals surface area (Å²) in [6.45, 7) is 3.69. The fourth-order valence-electron chi connectivity index (χ4n) is 2.79. The van der Waals surface area contributed by atoms with Crippen molar-refractivity contribution >= 4 is 23.1 Å². The molecule has 0 heterocycles. The molecule has 0 bridgehead atoms. The molecular formula is C26H22O4. The number of esters is 2. The van der Waals surface area contributed by atoms with E-state index in [2.05, 4.69) is 0 Å². The summed E-state index contributed by atoms with van der Waals surface area (Å²) >= 11 is 0. The SMILES string of the molecule is CC(=COC(=O)c1ccccc1C(=O)OC=C(C)c1ccccc1)c1ccccc1. The van der Waals surface area contributed by atoms with E-state index in [1.54, 1.807) is 24.3 Å². The number of hydrogen-bond acceptors (Lipinski definition) is 4. The average Bonchev–Trinajstić information content (AvgIpc) is 2.81. The molecule has 0 atom stereocenters. The number of benzene rings is 3. The van der Waals surface area contributed by atoms with Crippen molar-refractivity contribution in [2.24, 2.45) is 0 Å². The van der Waals surface area contributed by atoms with E-state index in [1.165, 1.54) is 12.5 Å². The standard InChI is InChI=1S/C26H22O4/c1-19(21-11-5-3-6-12-21)17-29-25(27)23-15-9-10-16-24(23)26(28)30-18-20(2)22-13-7-4-8-14-22/h3-18H,1-2H3. The maximum absolute atomic E-state index is 12.6. The van der Waals surface area contributed by atoms with Crippen LogP contribution in [0, 0.1) is 0 Å². The summed E-state index contributed by atoms with van der Waals surface area (Å²) in [5.41, 5.74) is 3.77. The van der Waals surface area contributed by atoms with Crippen molar-refractivity contribution in [3.63, 3.8) is 0 Å². The monoisotopic (exact) mass is 398 g/mol. The lowest BCUT2D eigenvalue weighted by atomic mass is 10.1. The molecule has 0 aliphatic heterocycles. The molecular weight excluding hydrogens is 376 g/mol. The molecule has 0 saturated heterocycles. The van der Waals surface area contributed by atoms with Crippen LogP contribution in [0.2, 0.25) is 0 Å². The molecule has 0 radical (unpaired) electrons. The number of allylic oxidation sites excluding steroid dienone is 2. The quantitative estimate of drug-likeness (QED) is 0.371. The molecule has 0 amide bonds. The first-order chi connectivity index (χ1) is 14.6. The summed E-state index contributed by atoms with van der Waals surface area (Å²) in [6.07, 6.45) is 2.78. The van der Waals surface area contributed by atoms with Crippen molar-refractivity contribution in [2.75, 3.05) is 0 Å². The summed E-state index contributed by atoms with van der Waals surface area (Å²) in [4.78, 5) is 25.2. The largest absolute Gasteiger partial charge is 0.431 e. The minimum Gasteiger partial charge on any atom is -0.431 e. The Hall–Kier alpha value is -3.92. The zero-order valence-electron chi connectivity index (χ0n) is 16.9. The van der Waals surface area contributed by atoms with Crippen molar-refractivity contribution < 1.29 is 19.1 Å². The third-order valence-corrected chi connectivity index (χ3v) is 4.51. The smallest absolute Gasteiger partial charge is 0.343 e. The summed E-state index contributed by atoms with van der Waals surface area (Å²) in [7, 11) is 0. The van der Waals surface area contributed by atoms with E-state index >= 15 is 0 Å². The van der Waals surface area contributed by atoms with Crippen LogP contribution in [0.3, 0.4) is 0 Å². The van der Waals surface area contributed by atoms with Gasteiger partial charge in [0.2, 0.25) is 0 Å².